The molecule has 3 atom stereocenters. The standard InChI is InChI=1S/C15H18N2O3/c1-7-11(14(19)20-2)12-13(17-7)9(18)5-10-15(12)4-3-8(15)6-16-10/h5,8-9,16-18H,3-4,6H2,1-2H3/t8-,9?,15+/m1/s1. The van der Waals surface area contributed by atoms with Crippen molar-refractivity contribution in [3.8, 4) is 0 Å². The van der Waals surface area contributed by atoms with Gasteiger partial charge < -0.3 is 20.1 Å². The van der Waals surface area contributed by atoms with Gasteiger partial charge in [0.1, 0.15) is 6.10 Å². The molecule has 0 amide bonds. The largest absolute Gasteiger partial charge is 0.465 e. The van der Waals surface area contributed by atoms with Crippen molar-refractivity contribution in [1.82, 2.24) is 10.3 Å². The van der Waals surface area contributed by atoms with Gasteiger partial charge in [0.05, 0.1) is 18.4 Å². The highest BCUT2D eigenvalue weighted by atomic mass is 16.5. The molecule has 1 aromatic rings. The van der Waals surface area contributed by atoms with E-state index in [1.165, 1.54) is 7.11 Å². The van der Waals surface area contributed by atoms with Crippen molar-refractivity contribution >= 4 is 5.97 Å². The van der Waals surface area contributed by atoms with Crippen LogP contribution in [0.5, 0.6) is 0 Å². The van der Waals surface area contributed by atoms with Crippen LogP contribution < -0.4 is 5.32 Å². The minimum atomic E-state index is -0.686. The number of aromatic nitrogens is 1. The van der Waals surface area contributed by atoms with E-state index < -0.39 is 6.10 Å². The lowest BCUT2D eigenvalue weighted by Gasteiger charge is -2.47. The predicted molar refractivity (Wildman–Crippen MR) is 72.3 cm³/mol. The van der Waals surface area contributed by atoms with Gasteiger partial charge in [-0.1, -0.05) is 0 Å². The lowest BCUT2D eigenvalue weighted by Crippen LogP contribution is -2.45. The highest BCUT2D eigenvalue weighted by Crippen LogP contribution is 2.60. The van der Waals surface area contributed by atoms with Crippen LogP contribution in [0.15, 0.2) is 11.8 Å². The van der Waals surface area contributed by atoms with Crippen LogP contribution in [-0.4, -0.2) is 29.7 Å². The van der Waals surface area contributed by atoms with Gasteiger partial charge in [-0.25, -0.2) is 4.79 Å². The van der Waals surface area contributed by atoms with Crippen LogP contribution in [0, 0.1) is 12.8 Å². The number of carbonyl (C=O) groups excluding carboxylic acids is 1. The number of ether oxygens (including phenoxy) is 1. The van der Waals surface area contributed by atoms with Crippen LogP contribution in [0.1, 0.15) is 46.3 Å². The topological polar surface area (TPSA) is 74.4 Å². The zero-order valence-electron chi connectivity index (χ0n) is 11.6. The molecule has 20 heavy (non-hydrogen) atoms. The monoisotopic (exact) mass is 274 g/mol. The number of nitrogens with one attached hydrogen (secondary N) is 2. The molecule has 0 radical (unpaired) electrons. The Balaban J connectivity index is 2.00. The molecule has 5 nitrogen and oxygen atoms in total. The first kappa shape index (κ1) is 12.0. The summed E-state index contributed by atoms with van der Waals surface area (Å²) in [5.74, 6) is 0.194. The lowest BCUT2D eigenvalue weighted by atomic mass is 9.54. The Labute approximate surface area is 117 Å². The molecular weight excluding hydrogens is 256 g/mol. The van der Waals surface area contributed by atoms with Crippen molar-refractivity contribution in [2.45, 2.75) is 31.3 Å². The number of H-pyrrole nitrogens is 1. The molecule has 1 spiro atoms. The summed E-state index contributed by atoms with van der Waals surface area (Å²) >= 11 is 0. The molecule has 2 heterocycles. The van der Waals surface area contributed by atoms with Gasteiger partial charge in [0.15, 0.2) is 0 Å². The number of methoxy groups -OCH3 is 1. The number of hydrogen-bond donors (Lipinski definition) is 3. The molecule has 1 aliphatic heterocycles. The number of carbonyl (C=O) groups is 1. The normalized spacial score (nSPS) is 33.2. The number of allylic oxidation sites excluding steroid dienone is 1. The van der Waals surface area contributed by atoms with Crippen molar-refractivity contribution in [2.75, 3.05) is 13.7 Å². The van der Waals surface area contributed by atoms with Crippen molar-refractivity contribution in [3.05, 3.63) is 34.3 Å². The molecule has 1 saturated heterocycles. The number of aromatic amines is 1. The summed E-state index contributed by atoms with van der Waals surface area (Å²) in [5.41, 5.74) is 4.09. The Morgan fingerprint density at radius 3 is 3.00 bits per heavy atom. The second kappa shape index (κ2) is 3.67. The van der Waals surface area contributed by atoms with Gasteiger partial charge in [0.25, 0.3) is 0 Å². The van der Waals surface area contributed by atoms with E-state index in [9.17, 15) is 9.90 Å². The van der Waals surface area contributed by atoms with Crippen molar-refractivity contribution < 1.29 is 14.6 Å². The number of aryl methyl sites for hydroxylation is 1. The number of fused-ring (bicyclic) bond motifs is 1. The highest BCUT2D eigenvalue weighted by molar-refractivity contribution is 5.94. The summed E-state index contributed by atoms with van der Waals surface area (Å²) < 4.78 is 4.95. The zero-order valence-corrected chi connectivity index (χ0v) is 11.6. The van der Waals surface area contributed by atoms with Gasteiger partial charge in [0.2, 0.25) is 0 Å². The van der Waals surface area contributed by atoms with E-state index in [1.807, 2.05) is 13.0 Å². The molecule has 4 rings (SSSR count). The quantitative estimate of drug-likeness (QED) is 0.675. The Kier molecular flexibility index (Phi) is 2.20. The summed E-state index contributed by atoms with van der Waals surface area (Å²) in [6.45, 7) is 2.78. The van der Waals surface area contributed by atoms with Gasteiger partial charge in [-0.2, -0.15) is 0 Å². The maximum atomic E-state index is 12.2. The Bertz CT molecular complexity index is 646. The average Bonchev–Trinajstić information content (AvgIpc) is 2.86. The van der Waals surface area contributed by atoms with E-state index >= 15 is 0 Å². The Hall–Kier alpha value is -1.75. The minimum Gasteiger partial charge on any atom is -0.465 e. The third kappa shape index (κ3) is 1.15. The molecule has 0 aromatic carbocycles. The van der Waals surface area contributed by atoms with E-state index in [0.29, 0.717) is 11.5 Å². The van der Waals surface area contributed by atoms with E-state index in [-0.39, 0.29) is 11.4 Å². The van der Waals surface area contributed by atoms with E-state index in [1.54, 1.807) is 0 Å². The van der Waals surface area contributed by atoms with Crippen LogP contribution >= 0.6 is 0 Å². The fraction of sp³-hybridized carbons (Fsp3) is 0.533. The second-order valence-electron chi connectivity index (χ2n) is 6.02. The predicted octanol–water partition coefficient (Wildman–Crippen LogP) is 1.29. The molecule has 0 bridgehead atoms. The molecule has 5 heteroatoms. The first-order chi connectivity index (χ1) is 9.59. The number of rotatable bonds is 1. The number of esters is 1. The molecule has 3 aliphatic rings. The molecule has 1 saturated carbocycles. The van der Waals surface area contributed by atoms with Gasteiger partial charge in [-0.05, 0) is 31.8 Å². The lowest BCUT2D eigenvalue weighted by molar-refractivity contribution is 0.0593. The van der Waals surface area contributed by atoms with E-state index in [2.05, 4.69) is 10.3 Å². The molecule has 2 fully saturated rings. The first-order valence-electron chi connectivity index (χ1n) is 7.05. The van der Waals surface area contributed by atoms with E-state index in [0.717, 1.165) is 42.0 Å². The van der Waals surface area contributed by atoms with Gasteiger partial charge in [0, 0.05) is 28.9 Å². The molecular formula is C15H18N2O3. The van der Waals surface area contributed by atoms with Crippen LogP contribution in [0.2, 0.25) is 0 Å². The van der Waals surface area contributed by atoms with Gasteiger partial charge in [-0.3, -0.25) is 0 Å². The molecule has 2 aliphatic carbocycles. The van der Waals surface area contributed by atoms with Crippen LogP contribution in [0.4, 0.5) is 0 Å². The number of aliphatic hydroxyl groups excluding tert-OH is 1. The van der Waals surface area contributed by atoms with Gasteiger partial charge >= 0.3 is 5.97 Å². The summed E-state index contributed by atoms with van der Waals surface area (Å²) in [5, 5.41) is 13.7. The van der Waals surface area contributed by atoms with E-state index in [4.69, 9.17) is 4.74 Å². The fourth-order valence-corrected chi connectivity index (χ4v) is 4.26. The molecule has 106 valence electrons. The van der Waals surface area contributed by atoms with Crippen molar-refractivity contribution in [3.63, 3.8) is 0 Å². The van der Waals surface area contributed by atoms with Crippen LogP contribution in [-0.2, 0) is 10.2 Å². The third-order valence-corrected chi connectivity index (χ3v) is 5.28. The summed E-state index contributed by atoms with van der Waals surface area (Å²) in [6.07, 6.45) is 3.38. The Morgan fingerprint density at radius 1 is 1.55 bits per heavy atom. The third-order valence-electron chi connectivity index (χ3n) is 5.28. The van der Waals surface area contributed by atoms with Gasteiger partial charge in [-0.15, -0.1) is 0 Å². The molecule has 1 aromatic heterocycles. The minimum absolute atomic E-state index is 0.108. The smallest absolute Gasteiger partial charge is 0.340 e. The van der Waals surface area contributed by atoms with Crippen molar-refractivity contribution in [1.29, 1.82) is 0 Å². The second-order valence-corrected chi connectivity index (χ2v) is 6.02. The number of aliphatic hydroxyl groups is 1. The summed E-state index contributed by atoms with van der Waals surface area (Å²) in [6, 6.07) is 0. The van der Waals surface area contributed by atoms with Crippen LogP contribution in [0.3, 0.4) is 0 Å². The van der Waals surface area contributed by atoms with Crippen molar-refractivity contribution in [2.24, 2.45) is 5.92 Å². The number of hydrogen-bond acceptors (Lipinski definition) is 4. The average molecular weight is 274 g/mol. The fourth-order valence-electron chi connectivity index (χ4n) is 4.26. The van der Waals surface area contributed by atoms with Crippen LogP contribution in [0.25, 0.3) is 0 Å². The maximum Gasteiger partial charge on any atom is 0.340 e. The Morgan fingerprint density at radius 2 is 2.35 bits per heavy atom. The SMILES string of the molecule is COC(=O)c1c(C)[nH]c2c1[C@@]13CC[C@@H]1CNC3=CC2O. The zero-order chi connectivity index (χ0) is 14.1. The first-order valence-corrected chi connectivity index (χ1v) is 7.05. The highest BCUT2D eigenvalue weighted by Gasteiger charge is 2.59. The maximum absolute atomic E-state index is 12.2. The summed E-state index contributed by atoms with van der Waals surface area (Å²) in [4.78, 5) is 15.4. The summed E-state index contributed by atoms with van der Waals surface area (Å²) in [7, 11) is 1.40. The molecule has 1 unspecified atom stereocenters. The molecule has 3 N–H and O–H groups in total.